The number of carbonyl (C=O) groups is 1. The normalized spacial score (nSPS) is 15.9. The summed E-state index contributed by atoms with van der Waals surface area (Å²) in [4.78, 5) is 12.9. The molecule has 0 radical (unpaired) electrons. The van der Waals surface area contributed by atoms with Crippen LogP contribution in [0.4, 0.5) is 10.1 Å². The minimum absolute atomic E-state index is 0.183. The van der Waals surface area contributed by atoms with Crippen LogP contribution in [0, 0.1) is 5.82 Å². The molecule has 1 aromatic carbocycles. The van der Waals surface area contributed by atoms with Gasteiger partial charge in [-0.15, -0.1) is 0 Å². The number of anilines is 1. The zero-order valence-corrected chi connectivity index (χ0v) is 12.0. The molecule has 21 heavy (non-hydrogen) atoms. The van der Waals surface area contributed by atoms with E-state index in [1.54, 1.807) is 17.0 Å². The number of hydrogen-bond acceptors (Lipinski definition) is 3. The topological polar surface area (TPSA) is 46.1 Å². The highest BCUT2D eigenvalue weighted by Gasteiger charge is 2.37. The Labute approximate surface area is 122 Å². The van der Waals surface area contributed by atoms with Gasteiger partial charge in [-0.1, -0.05) is 26.0 Å². The van der Waals surface area contributed by atoms with Crippen LogP contribution in [0.5, 0.6) is 0 Å². The van der Waals surface area contributed by atoms with Crippen LogP contribution in [0.1, 0.15) is 30.8 Å². The number of nitrogens with zero attached hydrogens (tertiary/aromatic N) is 3. The van der Waals surface area contributed by atoms with Crippen LogP contribution in [-0.4, -0.2) is 23.2 Å². The van der Waals surface area contributed by atoms with Crippen molar-refractivity contribution < 1.29 is 9.18 Å². The van der Waals surface area contributed by atoms with Gasteiger partial charge in [0.2, 0.25) is 6.41 Å². The lowest BCUT2D eigenvalue weighted by Crippen LogP contribution is -2.27. The van der Waals surface area contributed by atoms with E-state index in [-0.39, 0.29) is 11.2 Å². The molecule has 5 heteroatoms. The van der Waals surface area contributed by atoms with Crippen molar-refractivity contribution in [2.75, 3.05) is 11.4 Å². The van der Waals surface area contributed by atoms with E-state index < -0.39 is 0 Å². The van der Waals surface area contributed by atoms with Gasteiger partial charge in [-0.25, -0.2) is 4.39 Å². The van der Waals surface area contributed by atoms with Gasteiger partial charge in [0.1, 0.15) is 5.82 Å². The first-order valence-corrected chi connectivity index (χ1v) is 6.83. The number of hydrogen-bond donors (Lipinski definition) is 0. The third-order valence-electron chi connectivity index (χ3n) is 3.77. The monoisotopic (exact) mass is 285 g/mol. The fourth-order valence-electron chi connectivity index (χ4n) is 2.70. The lowest BCUT2D eigenvalue weighted by atomic mass is 9.91. The Bertz CT molecular complexity index is 682. The van der Waals surface area contributed by atoms with Crippen molar-refractivity contribution in [3.8, 4) is 0 Å². The average molecular weight is 285 g/mol. The number of halogens is 1. The summed E-state index contributed by atoms with van der Waals surface area (Å²) in [5.74, 6) is -0.257. The summed E-state index contributed by atoms with van der Waals surface area (Å²) in [5.41, 5.74) is 3.21. The van der Waals surface area contributed by atoms with Gasteiger partial charge in [-0.3, -0.25) is 4.79 Å². The Morgan fingerprint density at radius 1 is 1.29 bits per heavy atom. The maximum Gasteiger partial charge on any atom is 0.214 e. The summed E-state index contributed by atoms with van der Waals surface area (Å²) < 4.78 is 12.9. The molecule has 1 aromatic heterocycles. The number of amides is 1. The first-order chi connectivity index (χ1) is 9.99. The van der Waals surface area contributed by atoms with E-state index in [4.69, 9.17) is 0 Å². The van der Waals surface area contributed by atoms with E-state index in [0.29, 0.717) is 13.0 Å². The third kappa shape index (κ3) is 2.51. The van der Waals surface area contributed by atoms with Gasteiger partial charge in [0.05, 0.1) is 17.1 Å². The molecule has 2 heterocycles. The van der Waals surface area contributed by atoms with E-state index in [9.17, 15) is 9.18 Å². The molecule has 0 spiro atoms. The zero-order valence-electron chi connectivity index (χ0n) is 12.0. The number of aromatic nitrogens is 2. The van der Waals surface area contributed by atoms with Crippen molar-refractivity contribution in [2.45, 2.75) is 25.7 Å². The molecule has 1 aliphatic heterocycles. The molecule has 0 atom stereocenters. The summed E-state index contributed by atoms with van der Waals surface area (Å²) in [7, 11) is 0. The minimum Gasteiger partial charge on any atom is -0.312 e. The van der Waals surface area contributed by atoms with Crippen LogP contribution < -0.4 is 4.90 Å². The van der Waals surface area contributed by atoms with Crippen LogP contribution in [0.15, 0.2) is 30.3 Å². The van der Waals surface area contributed by atoms with Gasteiger partial charge in [-0.2, -0.15) is 10.2 Å². The Kier molecular flexibility index (Phi) is 3.20. The van der Waals surface area contributed by atoms with Gasteiger partial charge in [0, 0.05) is 18.4 Å². The second kappa shape index (κ2) is 4.91. The molecular weight excluding hydrogens is 269 g/mol. The highest BCUT2D eigenvalue weighted by atomic mass is 19.1. The molecule has 1 aliphatic rings. The molecule has 0 bridgehead atoms. The van der Waals surface area contributed by atoms with E-state index in [1.165, 1.54) is 12.1 Å². The average Bonchev–Trinajstić information content (AvgIpc) is 2.72. The lowest BCUT2D eigenvalue weighted by Gasteiger charge is -2.16. The minimum atomic E-state index is -0.257. The smallest absolute Gasteiger partial charge is 0.214 e. The van der Waals surface area contributed by atoms with Gasteiger partial charge in [0.15, 0.2) is 0 Å². The molecule has 0 fully saturated rings. The zero-order chi connectivity index (χ0) is 15.0. The van der Waals surface area contributed by atoms with Gasteiger partial charge >= 0.3 is 0 Å². The Hall–Kier alpha value is -2.30. The lowest BCUT2D eigenvalue weighted by molar-refractivity contribution is -0.107. The third-order valence-corrected chi connectivity index (χ3v) is 3.77. The van der Waals surface area contributed by atoms with Gasteiger partial charge in [0.25, 0.3) is 0 Å². The van der Waals surface area contributed by atoms with Gasteiger partial charge in [-0.05, 0) is 23.8 Å². The number of benzene rings is 1. The Morgan fingerprint density at radius 2 is 2.00 bits per heavy atom. The summed E-state index contributed by atoms with van der Waals surface area (Å²) in [6.07, 6.45) is 1.39. The summed E-state index contributed by atoms with van der Waals surface area (Å²) in [5, 5.41) is 8.55. The fourth-order valence-corrected chi connectivity index (χ4v) is 2.70. The van der Waals surface area contributed by atoms with Crippen molar-refractivity contribution in [3.05, 3.63) is 53.1 Å². The second-order valence-corrected chi connectivity index (χ2v) is 5.99. The molecule has 1 amide bonds. The van der Waals surface area contributed by atoms with Crippen LogP contribution in [0.25, 0.3) is 0 Å². The number of carbonyl (C=O) groups excluding carboxylic acids is 1. The van der Waals surface area contributed by atoms with Gasteiger partial charge < -0.3 is 4.90 Å². The standard InChI is InChI=1S/C16H16FN3O/c1-16(2)9-20(10-21)14-8-13(18-19-15(14)16)7-11-3-5-12(17)6-4-11/h3-6,8,10H,7,9H2,1-2H3. The van der Waals surface area contributed by atoms with Crippen molar-refractivity contribution in [1.82, 2.24) is 10.2 Å². The van der Waals surface area contributed by atoms with Crippen LogP contribution in [0.3, 0.4) is 0 Å². The molecular formula is C16H16FN3O. The van der Waals surface area contributed by atoms with Crippen molar-refractivity contribution in [1.29, 1.82) is 0 Å². The van der Waals surface area contributed by atoms with Crippen LogP contribution >= 0.6 is 0 Å². The maximum atomic E-state index is 12.9. The molecule has 0 saturated carbocycles. The maximum absolute atomic E-state index is 12.9. The number of rotatable bonds is 3. The molecule has 0 unspecified atom stereocenters. The molecule has 2 aromatic rings. The quantitative estimate of drug-likeness (QED) is 0.814. The number of fused-ring (bicyclic) bond motifs is 1. The Balaban J connectivity index is 1.92. The largest absolute Gasteiger partial charge is 0.312 e. The second-order valence-electron chi connectivity index (χ2n) is 5.99. The predicted octanol–water partition coefficient (Wildman–Crippen LogP) is 2.46. The summed E-state index contributed by atoms with van der Waals surface area (Å²) in [6.45, 7) is 4.70. The molecule has 108 valence electrons. The van der Waals surface area contributed by atoms with Crippen molar-refractivity contribution in [3.63, 3.8) is 0 Å². The molecule has 0 N–H and O–H groups in total. The summed E-state index contributed by atoms with van der Waals surface area (Å²) >= 11 is 0. The molecule has 0 saturated heterocycles. The Morgan fingerprint density at radius 3 is 2.67 bits per heavy atom. The molecule has 0 aliphatic carbocycles. The van der Waals surface area contributed by atoms with Crippen molar-refractivity contribution >= 4 is 12.1 Å². The van der Waals surface area contributed by atoms with Crippen LogP contribution in [0.2, 0.25) is 0 Å². The molecule has 3 rings (SSSR count). The first kappa shape index (κ1) is 13.7. The predicted molar refractivity (Wildman–Crippen MR) is 77.7 cm³/mol. The molecule has 4 nitrogen and oxygen atoms in total. The van der Waals surface area contributed by atoms with E-state index >= 15 is 0 Å². The summed E-state index contributed by atoms with van der Waals surface area (Å²) in [6, 6.07) is 8.21. The first-order valence-electron chi connectivity index (χ1n) is 6.83. The van der Waals surface area contributed by atoms with E-state index in [1.807, 2.05) is 19.9 Å². The van der Waals surface area contributed by atoms with Crippen molar-refractivity contribution in [2.24, 2.45) is 0 Å². The SMILES string of the molecule is CC1(C)CN(C=O)c2cc(Cc3ccc(F)cc3)nnc21. The van der Waals surface area contributed by atoms with E-state index in [2.05, 4.69) is 10.2 Å². The highest BCUT2D eigenvalue weighted by molar-refractivity contribution is 5.80. The fraction of sp³-hybridized carbons (Fsp3) is 0.312. The van der Waals surface area contributed by atoms with E-state index in [0.717, 1.165) is 29.0 Å². The van der Waals surface area contributed by atoms with Crippen LogP contribution in [-0.2, 0) is 16.6 Å². The highest BCUT2D eigenvalue weighted by Crippen LogP contribution is 2.38.